The number of halogens is 1. The number of pyridine rings is 1. The molecule has 11 heteroatoms. The van der Waals surface area contributed by atoms with Crippen molar-refractivity contribution in [3.8, 4) is 11.8 Å². The van der Waals surface area contributed by atoms with Crippen molar-refractivity contribution in [3.63, 3.8) is 0 Å². The number of nitrogens with one attached hydrogen (secondary N) is 1. The molecule has 1 heterocycles. The number of nitriles is 1. The molecule has 3 aromatic rings. The molecule has 0 atom stereocenters. The number of anilines is 1. The van der Waals surface area contributed by atoms with Gasteiger partial charge < -0.3 is 24.6 Å². The molecule has 1 aromatic heterocycles. The Labute approximate surface area is 216 Å². The van der Waals surface area contributed by atoms with Crippen molar-refractivity contribution in [2.75, 3.05) is 23.4 Å². The van der Waals surface area contributed by atoms with Gasteiger partial charge in [-0.1, -0.05) is 34.2 Å². The van der Waals surface area contributed by atoms with Gasteiger partial charge in [-0.3, -0.25) is 14.6 Å². The summed E-state index contributed by atoms with van der Waals surface area (Å²) in [5.74, 6) is -0.803. The fourth-order valence-electron chi connectivity index (χ4n) is 3.33. The molecule has 0 radical (unpaired) electrons. The standard InChI is InChI=1S/C25H26ClN5O4S/c1-36(2,34)31(15-21-5-3-4-8-29-21)22-11-19(10-20(26)12-22)25(33)30-14-18-7-6-17(13-27)9-23(18)35-16-24(28)32/h3-12,34H,14-16H2,1-2H3,(H2,28,32)(H,30,33). The lowest BCUT2D eigenvalue weighted by Gasteiger charge is -2.40. The Hall–Kier alpha value is -3.78. The van der Waals surface area contributed by atoms with Crippen LogP contribution < -0.4 is 20.1 Å². The van der Waals surface area contributed by atoms with Gasteiger partial charge in [0, 0.05) is 41.4 Å². The van der Waals surface area contributed by atoms with E-state index in [4.69, 9.17) is 27.3 Å². The molecule has 0 aliphatic heterocycles. The maximum absolute atomic E-state index is 13.0. The van der Waals surface area contributed by atoms with Crippen LogP contribution in [0, 0.1) is 11.3 Å². The number of benzene rings is 2. The first-order valence-corrected chi connectivity index (χ1v) is 13.5. The predicted molar refractivity (Wildman–Crippen MR) is 141 cm³/mol. The molecule has 0 aliphatic rings. The van der Waals surface area contributed by atoms with E-state index in [1.807, 2.05) is 24.3 Å². The van der Waals surface area contributed by atoms with E-state index >= 15 is 0 Å². The lowest BCUT2D eigenvalue weighted by Crippen LogP contribution is -2.27. The molecule has 4 N–H and O–H groups in total. The van der Waals surface area contributed by atoms with Crippen molar-refractivity contribution in [2.45, 2.75) is 13.1 Å². The van der Waals surface area contributed by atoms with Gasteiger partial charge >= 0.3 is 0 Å². The largest absolute Gasteiger partial charge is 0.483 e. The Morgan fingerprint density at radius 2 is 2.00 bits per heavy atom. The molecular weight excluding hydrogens is 502 g/mol. The summed E-state index contributed by atoms with van der Waals surface area (Å²) in [6.07, 6.45) is 5.11. The van der Waals surface area contributed by atoms with E-state index in [-0.39, 0.29) is 18.9 Å². The molecule has 2 amide bonds. The van der Waals surface area contributed by atoms with Crippen LogP contribution in [0.3, 0.4) is 0 Å². The molecule has 36 heavy (non-hydrogen) atoms. The average molecular weight is 528 g/mol. The van der Waals surface area contributed by atoms with Crippen molar-refractivity contribution in [2.24, 2.45) is 5.73 Å². The highest BCUT2D eigenvalue weighted by atomic mass is 35.5. The average Bonchev–Trinajstić information content (AvgIpc) is 2.84. The number of hydrogen-bond donors (Lipinski definition) is 3. The van der Waals surface area contributed by atoms with Gasteiger partial charge in [-0.15, -0.1) is 0 Å². The molecule has 0 unspecified atom stereocenters. The molecule has 0 spiro atoms. The summed E-state index contributed by atoms with van der Waals surface area (Å²) in [7, 11) is -2.23. The smallest absolute Gasteiger partial charge is 0.255 e. The summed E-state index contributed by atoms with van der Waals surface area (Å²) < 4.78 is 18.1. The summed E-state index contributed by atoms with van der Waals surface area (Å²) >= 11 is 6.35. The van der Waals surface area contributed by atoms with Crippen LogP contribution in [0.2, 0.25) is 5.02 Å². The van der Waals surface area contributed by atoms with Gasteiger partial charge in [0.15, 0.2) is 6.61 Å². The number of carbonyl (C=O) groups is 2. The predicted octanol–water partition coefficient (Wildman–Crippen LogP) is 3.86. The Morgan fingerprint density at radius 3 is 2.64 bits per heavy atom. The summed E-state index contributed by atoms with van der Waals surface area (Å²) in [5.41, 5.74) is 7.67. The Balaban J connectivity index is 1.83. The minimum atomic E-state index is -2.23. The highest BCUT2D eigenvalue weighted by Gasteiger charge is 2.22. The summed E-state index contributed by atoms with van der Waals surface area (Å²) in [6.45, 7) is 0.0284. The number of hydrogen-bond acceptors (Lipinski definition) is 7. The van der Waals surface area contributed by atoms with Crippen LogP contribution >= 0.6 is 22.1 Å². The number of primary amides is 1. The Morgan fingerprint density at radius 1 is 1.22 bits per heavy atom. The summed E-state index contributed by atoms with van der Waals surface area (Å²) in [4.78, 5) is 28.5. The van der Waals surface area contributed by atoms with Crippen LogP contribution in [0.5, 0.6) is 5.75 Å². The highest BCUT2D eigenvalue weighted by molar-refractivity contribution is 8.29. The molecule has 0 fully saturated rings. The second-order valence-corrected chi connectivity index (χ2v) is 11.5. The number of rotatable bonds is 10. The lowest BCUT2D eigenvalue weighted by molar-refractivity contribution is -0.119. The molecule has 0 saturated carbocycles. The third kappa shape index (κ3) is 7.36. The van der Waals surface area contributed by atoms with Gasteiger partial charge in [0.1, 0.15) is 5.75 Å². The number of nitrogens with two attached hydrogens (primary N) is 1. The third-order valence-electron chi connectivity index (χ3n) is 5.01. The van der Waals surface area contributed by atoms with Gasteiger partial charge in [0.25, 0.3) is 11.8 Å². The van der Waals surface area contributed by atoms with E-state index in [9.17, 15) is 14.1 Å². The first-order valence-electron chi connectivity index (χ1n) is 10.7. The molecule has 0 saturated heterocycles. The minimum absolute atomic E-state index is 0.0644. The van der Waals surface area contributed by atoms with E-state index < -0.39 is 22.3 Å². The third-order valence-corrected chi connectivity index (χ3v) is 6.65. The molecule has 9 nitrogen and oxygen atoms in total. The number of ether oxygens (including phenoxy) is 1. The number of carbonyl (C=O) groups excluding carboxylic acids is 2. The maximum atomic E-state index is 13.0. The number of nitrogens with zero attached hydrogens (tertiary/aromatic N) is 3. The molecule has 3 rings (SSSR count). The molecule has 2 aromatic carbocycles. The fourth-order valence-corrected chi connectivity index (χ4v) is 4.63. The van der Waals surface area contributed by atoms with Gasteiger partial charge in [-0.25, -0.2) is 0 Å². The highest BCUT2D eigenvalue weighted by Crippen LogP contribution is 2.45. The molecule has 0 bridgehead atoms. The normalized spacial score (nSPS) is 11.3. The number of aromatic nitrogens is 1. The topological polar surface area (TPSA) is 142 Å². The van der Waals surface area contributed by atoms with Crippen molar-refractivity contribution in [1.82, 2.24) is 10.3 Å². The zero-order valence-corrected chi connectivity index (χ0v) is 21.3. The van der Waals surface area contributed by atoms with E-state index in [0.29, 0.717) is 33.9 Å². The van der Waals surface area contributed by atoms with Crippen molar-refractivity contribution < 1.29 is 18.9 Å². The van der Waals surface area contributed by atoms with Crippen LogP contribution in [-0.2, 0) is 17.9 Å². The van der Waals surface area contributed by atoms with E-state index in [1.54, 1.807) is 47.3 Å². The van der Waals surface area contributed by atoms with E-state index in [1.165, 1.54) is 12.1 Å². The molecular formula is C25H26ClN5O4S. The van der Waals surface area contributed by atoms with E-state index in [2.05, 4.69) is 10.3 Å². The SMILES string of the molecule is CS(C)(O)N(Cc1ccccn1)c1cc(Cl)cc(C(=O)NCc2ccc(C#N)cc2OCC(N)=O)c1. The monoisotopic (exact) mass is 527 g/mol. The summed E-state index contributed by atoms with van der Waals surface area (Å²) in [5, 5.41) is 12.3. The minimum Gasteiger partial charge on any atom is -0.483 e. The second kappa shape index (κ2) is 11.8. The van der Waals surface area contributed by atoms with Gasteiger partial charge in [-0.05, 0) is 42.5 Å². The quantitative estimate of drug-likeness (QED) is 0.363. The first-order chi connectivity index (χ1) is 17.1. The number of amides is 2. The Kier molecular flexibility index (Phi) is 8.77. The van der Waals surface area contributed by atoms with E-state index in [0.717, 1.165) is 5.69 Å². The molecule has 0 aliphatic carbocycles. The van der Waals surface area contributed by atoms with Crippen molar-refractivity contribution in [1.29, 1.82) is 5.26 Å². The molecule has 188 valence electrons. The zero-order chi connectivity index (χ0) is 26.3. The summed E-state index contributed by atoms with van der Waals surface area (Å²) in [6, 6.07) is 17.1. The van der Waals surface area contributed by atoms with Gasteiger partial charge in [-0.2, -0.15) is 5.26 Å². The van der Waals surface area contributed by atoms with Crippen molar-refractivity contribution >= 4 is 39.6 Å². The van der Waals surface area contributed by atoms with Gasteiger partial charge in [0.2, 0.25) is 0 Å². The van der Waals surface area contributed by atoms with Crippen LogP contribution in [-0.4, -0.2) is 40.5 Å². The zero-order valence-electron chi connectivity index (χ0n) is 19.8. The first kappa shape index (κ1) is 26.8. The van der Waals surface area contributed by atoms with Gasteiger partial charge in [0.05, 0.1) is 29.6 Å². The van der Waals surface area contributed by atoms with Crippen molar-refractivity contribution in [3.05, 3.63) is 88.2 Å². The maximum Gasteiger partial charge on any atom is 0.255 e. The fraction of sp³-hybridized carbons (Fsp3) is 0.200. The van der Waals surface area contributed by atoms with Crippen LogP contribution in [0.1, 0.15) is 27.2 Å². The lowest BCUT2D eigenvalue weighted by atomic mass is 10.1. The van der Waals surface area contributed by atoms with Crippen LogP contribution in [0.25, 0.3) is 0 Å². The second-order valence-electron chi connectivity index (χ2n) is 8.15. The van der Waals surface area contributed by atoms with Crippen LogP contribution in [0.4, 0.5) is 5.69 Å². The Bertz CT molecular complexity index is 1290. The van der Waals surface area contributed by atoms with Crippen LogP contribution in [0.15, 0.2) is 60.8 Å².